The molecule has 1 aromatic carbocycles. The van der Waals surface area contributed by atoms with Crippen molar-refractivity contribution < 1.29 is 22.6 Å². The van der Waals surface area contributed by atoms with Crippen LogP contribution in [0.2, 0.25) is 0 Å². The Kier molecular flexibility index (Phi) is 6.13. The van der Waals surface area contributed by atoms with E-state index in [0.717, 1.165) is 0 Å². The number of benzene rings is 1. The third kappa shape index (κ3) is 4.56. The van der Waals surface area contributed by atoms with Crippen molar-refractivity contribution >= 4 is 15.9 Å². The quantitative estimate of drug-likeness (QED) is 0.834. The number of ether oxygens (including phenoxy) is 2. The van der Waals surface area contributed by atoms with Crippen LogP contribution in [0.3, 0.4) is 0 Å². The molecule has 0 aliphatic heterocycles. The minimum Gasteiger partial charge on any atom is -0.493 e. The molecule has 1 aromatic rings. The normalized spacial score (nSPS) is 13.2. The summed E-state index contributed by atoms with van der Waals surface area (Å²) in [5.74, 6) is 0.862. The summed E-state index contributed by atoms with van der Waals surface area (Å²) in [6.45, 7) is 2.19. The molecule has 114 valence electrons. The average Bonchev–Trinajstić information content (AvgIpc) is 2.36. The van der Waals surface area contributed by atoms with Gasteiger partial charge in [-0.05, 0) is 24.2 Å². The van der Waals surface area contributed by atoms with E-state index in [1.54, 1.807) is 19.1 Å². The molecule has 7 heteroatoms. The highest BCUT2D eigenvalue weighted by molar-refractivity contribution is 9.10. The zero-order valence-electron chi connectivity index (χ0n) is 11.5. The summed E-state index contributed by atoms with van der Waals surface area (Å²) in [5, 5.41) is 2.84. The molecule has 0 fully saturated rings. The summed E-state index contributed by atoms with van der Waals surface area (Å²) < 4.78 is 48.8. The van der Waals surface area contributed by atoms with E-state index in [9.17, 15) is 13.2 Å². The summed E-state index contributed by atoms with van der Waals surface area (Å²) in [4.78, 5) is 0. The van der Waals surface area contributed by atoms with Crippen molar-refractivity contribution in [3.63, 3.8) is 0 Å². The van der Waals surface area contributed by atoms with Gasteiger partial charge >= 0.3 is 6.18 Å². The van der Waals surface area contributed by atoms with Crippen LogP contribution < -0.4 is 14.8 Å². The van der Waals surface area contributed by atoms with Crippen molar-refractivity contribution in [2.24, 2.45) is 0 Å². The summed E-state index contributed by atoms with van der Waals surface area (Å²) in [6, 6.07) is 2.32. The summed E-state index contributed by atoms with van der Waals surface area (Å²) >= 11 is 3.29. The van der Waals surface area contributed by atoms with Gasteiger partial charge in [-0.15, -0.1) is 0 Å². The van der Waals surface area contributed by atoms with Crippen LogP contribution >= 0.6 is 15.9 Å². The van der Waals surface area contributed by atoms with Crippen LogP contribution in [0.4, 0.5) is 13.2 Å². The van der Waals surface area contributed by atoms with E-state index in [4.69, 9.17) is 9.47 Å². The highest BCUT2D eigenvalue weighted by Crippen LogP contribution is 2.39. The first kappa shape index (κ1) is 17.1. The van der Waals surface area contributed by atoms with E-state index >= 15 is 0 Å². The summed E-state index contributed by atoms with van der Waals surface area (Å²) in [5.41, 5.74) is 0.488. The fourth-order valence-corrected chi connectivity index (χ4v) is 2.51. The first-order valence-electron chi connectivity index (χ1n) is 6.04. The van der Waals surface area contributed by atoms with E-state index in [0.29, 0.717) is 28.1 Å². The second kappa shape index (κ2) is 7.17. The number of methoxy groups -OCH3 is 2. The Morgan fingerprint density at radius 2 is 1.75 bits per heavy atom. The van der Waals surface area contributed by atoms with Crippen LogP contribution in [-0.4, -0.2) is 26.9 Å². The largest absolute Gasteiger partial charge is 0.493 e. The maximum atomic E-state index is 12.7. The first-order chi connectivity index (χ1) is 9.32. The van der Waals surface area contributed by atoms with E-state index in [1.807, 2.05) is 0 Å². The van der Waals surface area contributed by atoms with Gasteiger partial charge in [0.15, 0.2) is 11.5 Å². The molecule has 0 spiro atoms. The molecule has 0 saturated carbocycles. The Hall–Kier alpha value is -0.950. The van der Waals surface area contributed by atoms with Gasteiger partial charge in [0.1, 0.15) is 0 Å². The van der Waals surface area contributed by atoms with E-state index in [2.05, 4.69) is 21.2 Å². The fourth-order valence-electron chi connectivity index (χ4n) is 1.91. The van der Waals surface area contributed by atoms with Gasteiger partial charge in [-0.3, -0.25) is 0 Å². The van der Waals surface area contributed by atoms with Crippen LogP contribution in [0, 0.1) is 0 Å². The highest BCUT2D eigenvalue weighted by atomic mass is 79.9. The van der Waals surface area contributed by atoms with Crippen molar-refractivity contribution in [2.75, 3.05) is 20.8 Å². The Morgan fingerprint density at radius 3 is 2.20 bits per heavy atom. The summed E-state index contributed by atoms with van der Waals surface area (Å²) in [6.07, 6.45) is -5.20. The Bertz CT molecular complexity index is 452. The highest BCUT2D eigenvalue weighted by Gasteiger charge is 2.33. The predicted octanol–water partition coefficient (Wildman–Crippen LogP) is 4.07. The van der Waals surface area contributed by atoms with Crippen molar-refractivity contribution in [3.05, 3.63) is 22.2 Å². The van der Waals surface area contributed by atoms with Gasteiger partial charge in [0.05, 0.1) is 20.6 Å². The van der Waals surface area contributed by atoms with E-state index < -0.39 is 18.6 Å². The Labute approximate surface area is 124 Å². The van der Waals surface area contributed by atoms with Crippen LogP contribution in [0.1, 0.15) is 24.9 Å². The molecule has 0 aromatic heterocycles. The molecular weight excluding hydrogens is 339 g/mol. The predicted molar refractivity (Wildman–Crippen MR) is 74.3 cm³/mol. The smallest absolute Gasteiger partial charge is 0.390 e. The lowest BCUT2D eigenvalue weighted by atomic mass is 10.0. The van der Waals surface area contributed by atoms with Crippen molar-refractivity contribution in [2.45, 2.75) is 25.6 Å². The third-order valence-electron chi connectivity index (χ3n) is 2.76. The van der Waals surface area contributed by atoms with Gasteiger partial charge in [0, 0.05) is 10.5 Å². The molecule has 3 nitrogen and oxygen atoms in total. The lowest BCUT2D eigenvalue weighted by molar-refractivity contribution is -0.140. The number of hydrogen-bond acceptors (Lipinski definition) is 3. The number of nitrogens with one attached hydrogen (secondary N) is 1. The number of alkyl halides is 3. The van der Waals surface area contributed by atoms with Gasteiger partial charge in [-0.25, -0.2) is 0 Å². The molecule has 1 atom stereocenters. The molecule has 0 aliphatic carbocycles. The van der Waals surface area contributed by atoms with E-state index in [-0.39, 0.29) is 0 Å². The molecule has 1 unspecified atom stereocenters. The van der Waals surface area contributed by atoms with Gasteiger partial charge in [0.2, 0.25) is 0 Å². The molecule has 0 aliphatic rings. The van der Waals surface area contributed by atoms with E-state index in [1.165, 1.54) is 14.2 Å². The lowest BCUT2D eigenvalue weighted by Gasteiger charge is -2.22. The van der Waals surface area contributed by atoms with Gasteiger partial charge in [-0.1, -0.05) is 22.9 Å². The third-order valence-corrected chi connectivity index (χ3v) is 3.45. The van der Waals surface area contributed by atoms with Crippen molar-refractivity contribution in [1.82, 2.24) is 5.32 Å². The standard InChI is InChI=1S/C13H17BrF3NO2/c1-4-18-10(7-13(15,16)17)8-5-11(19-2)12(20-3)6-9(8)14/h5-6,10,18H,4,7H2,1-3H3. The second-order valence-electron chi connectivity index (χ2n) is 4.16. The zero-order valence-corrected chi connectivity index (χ0v) is 13.1. The minimum atomic E-state index is -4.25. The van der Waals surface area contributed by atoms with Crippen LogP contribution in [0.25, 0.3) is 0 Å². The summed E-state index contributed by atoms with van der Waals surface area (Å²) in [7, 11) is 2.92. The molecule has 0 radical (unpaired) electrons. The molecular formula is C13H17BrF3NO2. The molecule has 0 saturated heterocycles. The maximum Gasteiger partial charge on any atom is 0.390 e. The van der Waals surface area contributed by atoms with Crippen molar-refractivity contribution in [3.8, 4) is 11.5 Å². The molecule has 0 bridgehead atoms. The van der Waals surface area contributed by atoms with Crippen LogP contribution in [-0.2, 0) is 0 Å². The number of rotatable bonds is 6. The van der Waals surface area contributed by atoms with Gasteiger partial charge < -0.3 is 14.8 Å². The molecule has 0 amide bonds. The second-order valence-corrected chi connectivity index (χ2v) is 5.01. The average molecular weight is 356 g/mol. The Morgan fingerprint density at radius 1 is 1.20 bits per heavy atom. The fraction of sp³-hybridized carbons (Fsp3) is 0.538. The molecule has 0 heterocycles. The molecule has 1 rings (SSSR count). The van der Waals surface area contributed by atoms with Crippen molar-refractivity contribution in [1.29, 1.82) is 0 Å². The maximum absolute atomic E-state index is 12.7. The Balaban J connectivity index is 3.18. The number of hydrogen-bond donors (Lipinski definition) is 1. The van der Waals surface area contributed by atoms with Gasteiger partial charge in [-0.2, -0.15) is 13.2 Å². The molecule has 1 N–H and O–H groups in total. The topological polar surface area (TPSA) is 30.5 Å². The van der Waals surface area contributed by atoms with Crippen LogP contribution in [0.15, 0.2) is 16.6 Å². The first-order valence-corrected chi connectivity index (χ1v) is 6.83. The lowest BCUT2D eigenvalue weighted by Crippen LogP contribution is -2.27. The number of halogens is 4. The zero-order chi connectivity index (χ0) is 15.3. The minimum absolute atomic E-state index is 0.399. The monoisotopic (exact) mass is 355 g/mol. The SMILES string of the molecule is CCNC(CC(F)(F)F)c1cc(OC)c(OC)cc1Br. The van der Waals surface area contributed by atoms with Crippen LogP contribution in [0.5, 0.6) is 11.5 Å². The molecule has 20 heavy (non-hydrogen) atoms. The van der Waals surface area contributed by atoms with Gasteiger partial charge in [0.25, 0.3) is 0 Å².